The average molecular weight is 173 g/mol. The van der Waals surface area contributed by atoms with Crippen molar-refractivity contribution in [2.24, 2.45) is 5.73 Å². The Morgan fingerprint density at radius 1 is 1.42 bits per heavy atom. The SMILES string of the molecule is CC(N)c1[nH]c(=O)[nH]c(=O)c1F. The van der Waals surface area contributed by atoms with Crippen LogP contribution < -0.4 is 17.0 Å². The fraction of sp³-hybridized carbons (Fsp3) is 0.333. The molecule has 0 radical (unpaired) electrons. The van der Waals surface area contributed by atoms with Crippen molar-refractivity contribution in [3.63, 3.8) is 0 Å². The van der Waals surface area contributed by atoms with Gasteiger partial charge in [0.05, 0.1) is 5.69 Å². The third-order valence-corrected chi connectivity index (χ3v) is 1.37. The van der Waals surface area contributed by atoms with E-state index in [0.29, 0.717) is 0 Å². The number of aromatic nitrogens is 2. The Kier molecular flexibility index (Phi) is 2.09. The summed E-state index contributed by atoms with van der Waals surface area (Å²) in [5.74, 6) is -1.04. The monoisotopic (exact) mass is 173 g/mol. The number of hydrogen-bond acceptors (Lipinski definition) is 3. The summed E-state index contributed by atoms with van der Waals surface area (Å²) in [5, 5.41) is 0. The topological polar surface area (TPSA) is 91.7 Å². The van der Waals surface area contributed by atoms with E-state index in [0.717, 1.165) is 0 Å². The van der Waals surface area contributed by atoms with Gasteiger partial charge in [-0.15, -0.1) is 0 Å². The highest BCUT2D eigenvalue weighted by atomic mass is 19.1. The van der Waals surface area contributed by atoms with E-state index in [1.54, 1.807) is 4.98 Å². The largest absolute Gasteiger partial charge is 0.326 e. The molecule has 0 amide bonds. The zero-order valence-electron chi connectivity index (χ0n) is 6.35. The van der Waals surface area contributed by atoms with Crippen molar-refractivity contribution in [1.82, 2.24) is 9.97 Å². The van der Waals surface area contributed by atoms with Crippen LogP contribution in [-0.4, -0.2) is 9.97 Å². The Labute approximate surface area is 66.4 Å². The lowest BCUT2D eigenvalue weighted by atomic mass is 10.2. The molecule has 1 aromatic rings. The van der Waals surface area contributed by atoms with Crippen molar-refractivity contribution in [3.8, 4) is 0 Å². The number of nitrogens with two attached hydrogens (primary N) is 1. The molecule has 4 N–H and O–H groups in total. The van der Waals surface area contributed by atoms with Crippen LogP contribution >= 0.6 is 0 Å². The Balaban J connectivity index is 3.49. The fourth-order valence-electron chi connectivity index (χ4n) is 0.802. The second-order valence-electron chi connectivity index (χ2n) is 2.42. The second kappa shape index (κ2) is 2.90. The van der Waals surface area contributed by atoms with Crippen LogP contribution in [0.3, 0.4) is 0 Å². The van der Waals surface area contributed by atoms with Crippen molar-refractivity contribution in [3.05, 3.63) is 32.3 Å². The smallest absolute Gasteiger partial charge is 0.323 e. The van der Waals surface area contributed by atoms with Crippen LogP contribution in [0.1, 0.15) is 18.7 Å². The zero-order valence-corrected chi connectivity index (χ0v) is 6.35. The number of nitrogens with one attached hydrogen (secondary N) is 2. The number of halogens is 1. The van der Waals surface area contributed by atoms with Gasteiger partial charge in [0.15, 0.2) is 0 Å². The van der Waals surface area contributed by atoms with Crippen LogP contribution in [0, 0.1) is 5.82 Å². The molecule has 0 aliphatic heterocycles. The van der Waals surface area contributed by atoms with Gasteiger partial charge in [0.25, 0.3) is 5.56 Å². The lowest BCUT2D eigenvalue weighted by molar-refractivity contribution is 0.555. The molecule has 0 saturated heterocycles. The summed E-state index contributed by atoms with van der Waals surface area (Å²) in [5.41, 5.74) is 3.31. The summed E-state index contributed by atoms with van der Waals surface area (Å²) < 4.78 is 12.8. The minimum atomic E-state index is -1.05. The van der Waals surface area contributed by atoms with Crippen molar-refractivity contribution < 1.29 is 4.39 Å². The molecule has 1 heterocycles. The van der Waals surface area contributed by atoms with Crippen molar-refractivity contribution in [1.29, 1.82) is 0 Å². The van der Waals surface area contributed by atoms with Gasteiger partial charge in [0.1, 0.15) is 0 Å². The molecule has 1 atom stereocenters. The molecular formula is C6H8FN3O2. The van der Waals surface area contributed by atoms with Gasteiger partial charge in [-0.3, -0.25) is 9.78 Å². The van der Waals surface area contributed by atoms with Crippen LogP contribution in [0.4, 0.5) is 4.39 Å². The standard InChI is InChI=1S/C6H8FN3O2/c1-2(8)4-3(7)5(11)10-6(12)9-4/h2H,8H2,1H3,(H2,9,10,11,12). The molecule has 0 bridgehead atoms. The zero-order chi connectivity index (χ0) is 9.30. The summed E-state index contributed by atoms with van der Waals surface area (Å²) in [6.45, 7) is 1.47. The van der Waals surface area contributed by atoms with E-state index in [2.05, 4.69) is 4.98 Å². The Morgan fingerprint density at radius 2 is 2.00 bits per heavy atom. The van der Waals surface area contributed by atoms with Crippen molar-refractivity contribution >= 4 is 0 Å². The van der Waals surface area contributed by atoms with Gasteiger partial charge in [0, 0.05) is 6.04 Å². The number of H-pyrrole nitrogens is 2. The van der Waals surface area contributed by atoms with Crippen LogP contribution in [0.15, 0.2) is 9.59 Å². The van der Waals surface area contributed by atoms with E-state index < -0.39 is 23.1 Å². The molecule has 0 saturated carbocycles. The molecule has 1 aromatic heterocycles. The maximum absolute atomic E-state index is 12.8. The van der Waals surface area contributed by atoms with Crippen LogP contribution in [0.5, 0.6) is 0 Å². The Morgan fingerprint density at radius 3 is 2.50 bits per heavy atom. The Bertz CT molecular complexity index is 393. The highest BCUT2D eigenvalue weighted by Gasteiger charge is 2.11. The number of hydrogen-bond donors (Lipinski definition) is 3. The van der Waals surface area contributed by atoms with Gasteiger partial charge < -0.3 is 10.7 Å². The molecule has 66 valence electrons. The minimum absolute atomic E-state index is 0.177. The lowest BCUT2D eigenvalue weighted by Gasteiger charge is -2.03. The molecule has 5 nitrogen and oxygen atoms in total. The molecule has 1 unspecified atom stereocenters. The maximum atomic E-state index is 12.8. The normalized spacial score (nSPS) is 12.9. The number of aromatic amines is 2. The maximum Gasteiger partial charge on any atom is 0.326 e. The molecule has 1 rings (SSSR count). The van der Waals surface area contributed by atoms with Crippen LogP contribution in [0.25, 0.3) is 0 Å². The third-order valence-electron chi connectivity index (χ3n) is 1.37. The molecule has 0 aromatic carbocycles. The van der Waals surface area contributed by atoms with Gasteiger partial charge in [-0.25, -0.2) is 4.79 Å². The molecule has 0 aliphatic carbocycles. The predicted octanol–water partition coefficient (Wildman–Crippen LogP) is -0.778. The summed E-state index contributed by atoms with van der Waals surface area (Å²) >= 11 is 0. The summed E-state index contributed by atoms with van der Waals surface area (Å²) in [7, 11) is 0. The van der Waals surface area contributed by atoms with E-state index in [-0.39, 0.29) is 5.69 Å². The molecule has 0 spiro atoms. The fourth-order valence-corrected chi connectivity index (χ4v) is 0.802. The minimum Gasteiger partial charge on any atom is -0.323 e. The van der Waals surface area contributed by atoms with Gasteiger partial charge in [-0.1, -0.05) is 0 Å². The first-order chi connectivity index (χ1) is 5.52. The van der Waals surface area contributed by atoms with E-state index in [1.807, 2.05) is 0 Å². The average Bonchev–Trinajstić information content (AvgIpc) is 1.96. The van der Waals surface area contributed by atoms with E-state index in [1.165, 1.54) is 6.92 Å². The molecule has 0 fully saturated rings. The second-order valence-corrected chi connectivity index (χ2v) is 2.42. The molecular weight excluding hydrogens is 165 g/mol. The summed E-state index contributed by atoms with van der Waals surface area (Å²) in [6.07, 6.45) is 0. The first-order valence-electron chi connectivity index (χ1n) is 3.30. The van der Waals surface area contributed by atoms with Gasteiger partial charge in [-0.2, -0.15) is 4.39 Å². The molecule has 6 heteroatoms. The van der Waals surface area contributed by atoms with E-state index in [9.17, 15) is 14.0 Å². The predicted molar refractivity (Wildman–Crippen MR) is 40.2 cm³/mol. The highest BCUT2D eigenvalue weighted by Crippen LogP contribution is 2.03. The third kappa shape index (κ3) is 1.42. The van der Waals surface area contributed by atoms with Gasteiger partial charge >= 0.3 is 5.69 Å². The Hall–Kier alpha value is -1.43. The highest BCUT2D eigenvalue weighted by molar-refractivity contribution is 5.05. The van der Waals surface area contributed by atoms with Gasteiger partial charge in [-0.05, 0) is 6.92 Å². The van der Waals surface area contributed by atoms with Crippen molar-refractivity contribution in [2.45, 2.75) is 13.0 Å². The van der Waals surface area contributed by atoms with Crippen LogP contribution in [0.2, 0.25) is 0 Å². The number of rotatable bonds is 1. The van der Waals surface area contributed by atoms with E-state index >= 15 is 0 Å². The quantitative estimate of drug-likeness (QED) is 0.520. The summed E-state index contributed by atoms with van der Waals surface area (Å²) in [4.78, 5) is 25.1. The first-order valence-corrected chi connectivity index (χ1v) is 3.30. The summed E-state index contributed by atoms with van der Waals surface area (Å²) in [6, 6.07) is -0.708. The van der Waals surface area contributed by atoms with E-state index in [4.69, 9.17) is 5.73 Å². The van der Waals surface area contributed by atoms with Crippen molar-refractivity contribution in [2.75, 3.05) is 0 Å². The first kappa shape index (κ1) is 8.66. The molecule has 0 aliphatic rings. The van der Waals surface area contributed by atoms with Gasteiger partial charge in [0.2, 0.25) is 5.82 Å². The lowest BCUT2D eigenvalue weighted by Crippen LogP contribution is -2.29. The molecule has 12 heavy (non-hydrogen) atoms. The van der Waals surface area contributed by atoms with Crippen LogP contribution in [-0.2, 0) is 0 Å².